The molecule has 0 radical (unpaired) electrons. The Balaban J connectivity index is 1.73. The lowest BCUT2D eigenvalue weighted by molar-refractivity contribution is 0.102. The normalized spacial score (nSPS) is 13.7. The molecule has 4 rings (SSSR count). The van der Waals surface area contributed by atoms with Crippen molar-refractivity contribution >= 4 is 22.6 Å². The predicted octanol–water partition coefficient (Wildman–Crippen LogP) is 2.61. The third-order valence-corrected chi connectivity index (χ3v) is 4.53. The fourth-order valence-corrected chi connectivity index (χ4v) is 3.30. The van der Waals surface area contributed by atoms with Crippen molar-refractivity contribution in [1.29, 1.82) is 0 Å². The summed E-state index contributed by atoms with van der Waals surface area (Å²) in [6, 6.07) is 5.17. The van der Waals surface area contributed by atoms with E-state index in [1.54, 1.807) is 19.1 Å². The quantitative estimate of drug-likeness (QED) is 0.670. The number of pyridine rings is 1. The zero-order valence-electron chi connectivity index (χ0n) is 14.0. The number of nitrogens with one attached hydrogen (secondary N) is 3. The lowest BCUT2D eigenvalue weighted by Crippen LogP contribution is -2.25. The zero-order valence-corrected chi connectivity index (χ0v) is 14.0. The van der Waals surface area contributed by atoms with Crippen LogP contribution in [0.3, 0.4) is 0 Å². The summed E-state index contributed by atoms with van der Waals surface area (Å²) in [4.78, 5) is 17.1. The summed E-state index contributed by atoms with van der Waals surface area (Å²) in [6.07, 6.45) is 0.615. The largest absolute Gasteiger partial charge is 0.319 e. The number of amides is 1. The van der Waals surface area contributed by atoms with Crippen molar-refractivity contribution in [1.82, 2.24) is 20.5 Å². The van der Waals surface area contributed by atoms with Crippen LogP contribution in [0.15, 0.2) is 18.2 Å². The number of aryl methyl sites for hydroxylation is 2. The van der Waals surface area contributed by atoms with E-state index >= 15 is 0 Å². The fraction of sp³-hybridized carbons (Fsp3) is 0.278. The average Bonchev–Trinajstić information content (AvgIpc) is 2.97. The van der Waals surface area contributed by atoms with Crippen molar-refractivity contribution in [3.05, 3.63) is 52.1 Å². The molecule has 0 fully saturated rings. The van der Waals surface area contributed by atoms with Gasteiger partial charge < -0.3 is 10.6 Å². The summed E-state index contributed by atoms with van der Waals surface area (Å²) >= 11 is 0. The monoisotopic (exact) mass is 339 g/mol. The standard InChI is InChI=1S/C18H18FN5O/c1-9-7-13(15-10(2)23-24-17(15)21-9)18(25)22-14-4-3-11-8-20-6-5-12(11)16(14)19/h3-4,7,20H,5-6,8H2,1-2H3,(H,22,25)(H,21,23,24). The first-order valence-electron chi connectivity index (χ1n) is 8.19. The molecule has 3 aromatic rings. The van der Waals surface area contributed by atoms with E-state index in [4.69, 9.17) is 0 Å². The molecule has 0 atom stereocenters. The van der Waals surface area contributed by atoms with Crippen LogP contribution in [0, 0.1) is 19.7 Å². The molecule has 0 spiro atoms. The number of hydrogen-bond acceptors (Lipinski definition) is 4. The number of rotatable bonds is 2. The van der Waals surface area contributed by atoms with E-state index in [1.807, 2.05) is 13.0 Å². The molecule has 0 saturated carbocycles. The van der Waals surface area contributed by atoms with Gasteiger partial charge in [0.2, 0.25) is 0 Å². The van der Waals surface area contributed by atoms with Crippen LogP contribution < -0.4 is 10.6 Å². The molecule has 6 nitrogen and oxygen atoms in total. The van der Waals surface area contributed by atoms with Gasteiger partial charge in [-0.2, -0.15) is 5.10 Å². The van der Waals surface area contributed by atoms with E-state index in [-0.39, 0.29) is 17.4 Å². The summed E-state index contributed by atoms with van der Waals surface area (Å²) < 4.78 is 14.8. The number of aromatic amines is 1. The number of H-pyrrole nitrogens is 1. The van der Waals surface area contributed by atoms with E-state index in [2.05, 4.69) is 25.8 Å². The summed E-state index contributed by atoms with van der Waals surface area (Å²) in [7, 11) is 0. The number of hydrogen-bond donors (Lipinski definition) is 3. The van der Waals surface area contributed by atoms with Crippen LogP contribution in [-0.4, -0.2) is 27.6 Å². The van der Waals surface area contributed by atoms with Crippen LogP contribution in [0.4, 0.5) is 10.1 Å². The van der Waals surface area contributed by atoms with Gasteiger partial charge >= 0.3 is 0 Å². The molecule has 1 aliphatic heterocycles. The van der Waals surface area contributed by atoms with E-state index in [0.29, 0.717) is 40.8 Å². The molecule has 3 N–H and O–H groups in total. The third-order valence-electron chi connectivity index (χ3n) is 4.53. The highest BCUT2D eigenvalue weighted by Crippen LogP contribution is 2.26. The highest BCUT2D eigenvalue weighted by Gasteiger charge is 2.20. The van der Waals surface area contributed by atoms with Crippen molar-refractivity contribution < 1.29 is 9.18 Å². The highest BCUT2D eigenvalue weighted by molar-refractivity contribution is 6.12. The molecule has 0 unspecified atom stereocenters. The van der Waals surface area contributed by atoms with Gasteiger partial charge in [-0.25, -0.2) is 9.37 Å². The van der Waals surface area contributed by atoms with Gasteiger partial charge in [0.1, 0.15) is 5.82 Å². The van der Waals surface area contributed by atoms with Crippen molar-refractivity contribution in [2.75, 3.05) is 11.9 Å². The maximum Gasteiger partial charge on any atom is 0.256 e. The molecule has 3 heterocycles. The Hall–Kier alpha value is -2.80. The van der Waals surface area contributed by atoms with E-state index in [9.17, 15) is 9.18 Å². The fourth-order valence-electron chi connectivity index (χ4n) is 3.30. The Kier molecular flexibility index (Phi) is 3.73. The van der Waals surface area contributed by atoms with Crippen molar-refractivity contribution in [2.24, 2.45) is 0 Å². The minimum Gasteiger partial charge on any atom is -0.319 e. The van der Waals surface area contributed by atoms with Gasteiger partial charge in [0, 0.05) is 17.9 Å². The Morgan fingerprint density at radius 3 is 3.00 bits per heavy atom. The molecule has 1 aliphatic rings. The van der Waals surface area contributed by atoms with Crippen LogP contribution in [0.5, 0.6) is 0 Å². The van der Waals surface area contributed by atoms with E-state index in [1.165, 1.54) is 0 Å². The molecule has 0 saturated heterocycles. The Labute approximate surface area is 143 Å². The maximum absolute atomic E-state index is 14.8. The molecule has 0 aliphatic carbocycles. The maximum atomic E-state index is 14.8. The summed E-state index contributed by atoms with van der Waals surface area (Å²) in [5.41, 5.74) is 4.18. The minimum absolute atomic E-state index is 0.203. The SMILES string of the molecule is Cc1cc(C(=O)Nc2ccc3c(c2F)CCNC3)c2c(C)[nH]nc2n1. The van der Waals surface area contributed by atoms with Crippen molar-refractivity contribution in [2.45, 2.75) is 26.8 Å². The van der Waals surface area contributed by atoms with Gasteiger partial charge in [-0.15, -0.1) is 0 Å². The Morgan fingerprint density at radius 2 is 2.16 bits per heavy atom. The van der Waals surface area contributed by atoms with Gasteiger partial charge in [-0.3, -0.25) is 9.89 Å². The van der Waals surface area contributed by atoms with Gasteiger partial charge in [0.25, 0.3) is 5.91 Å². The van der Waals surface area contributed by atoms with Crippen LogP contribution in [0.2, 0.25) is 0 Å². The lowest BCUT2D eigenvalue weighted by atomic mass is 9.99. The number of halogens is 1. The molecule has 25 heavy (non-hydrogen) atoms. The molecular formula is C18H18FN5O. The molecule has 0 bridgehead atoms. The van der Waals surface area contributed by atoms with Crippen LogP contribution in [0.1, 0.15) is 32.9 Å². The molecule has 1 aromatic carbocycles. The number of benzene rings is 1. The smallest absolute Gasteiger partial charge is 0.256 e. The van der Waals surface area contributed by atoms with Crippen LogP contribution in [0.25, 0.3) is 11.0 Å². The van der Waals surface area contributed by atoms with Gasteiger partial charge in [0.15, 0.2) is 5.65 Å². The summed E-state index contributed by atoms with van der Waals surface area (Å²) in [5, 5.41) is 13.5. The zero-order chi connectivity index (χ0) is 17.6. The lowest BCUT2D eigenvalue weighted by Gasteiger charge is -2.19. The predicted molar refractivity (Wildman–Crippen MR) is 93.1 cm³/mol. The number of fused-ring (bicyclic) bond motifs is 2. The van der Waals surface area contributed by atoms with Gasteiger partial charge in [-0.1, -0.05) is 6.07 Å². The van der Waals surface area contributed by atoms with Gasteiger partial charge in [-0.05, 0) is 50.1 Å². The Morgan fingerprint density at radius 1 is 1.32 bits per heavy atom. The second kappa shape index (κ2) is 5.93. The first-order valence-corrected chi connectivity index (χ1v) is 8.19. The number of carbonyl (C=O) groups is 1. The van der Waals surface area contributed by atoms with Crippen LogP contribution in [-0.2, 0) is 13.0 Å². The Bertz CT molecular complexity index is 995. The van der Waals surface area contributed by atoms with Crippen molar-refractivity contribution in [3.8, 4) is 0 Å². The average molecular weight is 339 g/mol. The molecule has 128 valence electrons. The van der Waals surface area contributed by atoms with E-state index in [0.717, 1.165) is 17.8 Å². The summed E-state index contributed by atoms with van der Waals surface area (Å²) in [6.45, 7) is 5.01. The molecule has 7 heteroatoms. The second-order valence-corrected chi connectivity index (χ2v) is 6.30. The topological polar surface area (TPSA) is 82.7 Å². The molecule has 2 aromatic heterocycles. The third kappa shape index (κ3) is 2.66. The van der Waals surface area contributed by atoms with Gasteiger partial charge in [0.05, 0.1) is 16.6 Å². The second-order valence-electron chi connectivity index (χ2n) is 6.30. The number of anilines is 1. The number of carbonyl (C=O) groups excluding carboxylic acids is 1. The van der Waals surface area contributed by atoms with E-state index < -0.39 is 0 Å². The van der Waals surface area contributed by atoms with Crippen LogP contribution >= 0.6 is 0 Å². The first-order chi connectivity index (χ1) is 12.0. The molecule has 1 amide bonds. The highest BCUT2D eigenvalue weighted by atomic mass is 19.1. The van der Waals surface area contributed by atoms with Crippen molar-refractivity contribution in [3.63, 3.8) is 0 Å². The first kappa shape index (κ1) is 15.7. The summed E-state index contributed by atoms with van der Waals surface area (Å²) in [5.74, 6) is -0.717. The molecular weight excluding hydrogens is 321 g/mol. The number of nitrogens with zero attached hydrogens (tertiary/aromatic N) is 2. The minimum atomic E-state index is -0.368. The number of aromatic nitrogens is 3.